The van der Waals surface area contributed by atoms with Crippen molar-refractivity contribution in [3.8, 4) is 11.5 Å². The molecule has 1 saturated heterocycles. The van der Waals surface area contributed by atoms with Gasteiger partial charge >= 0.3 is 5.97 Å². The lowest BCUT2D eigenvalue weighted by Crippen LogP contribution is -2.34. The Bertz CT molecular complexity index is 1010. The molecule has 0 spiro atoms. The highest BCUT2D eigenvalue weighted by Gasteiger charge is 2.36. The molecule has 7 nitrogen and oxygen atoms in total. The Balaban J connectivity index is 1.74. The predicted molar refractivity (Wildman–Crippen MR) is 108 cm³/mol. The molecule has 0 bridgehead atoms. The van der Waals surface area contributed by atoms with Gasteiger partial charge in [-0.3, -0.25) is 19.3 Å². The topological polar surface area (TPSA) is 82.1 Å². The van der Waals surface area contributed by atoms with Crippen LogP contribution in [0, 0.1) is 5.82 Å². The summed E-state index contributed by atoms with van der Waals surface area (Å²) in [4.78, 5) is 36.8. The van der Waals surface area contributed by atoms with E-state index in [1.54, 1.807) is 30.3 Å². The Morgan fingerprint density at radius 2 is 1.83 bits per heavy atom. The standard InChI is InChI=1S/C21H18FNO6S/c1-27-17-9-14(5-8-16(17)29-12-13-3-6-15(22)7-4-13)10-18-20(25)23(21(26)30-18)11-19(24)28-2/h3-10H,11-12H2,1-2H3/b18-10-. The number of thioether (sulfide) groups is 1. The molecule has 9 heteroatoms. The Labute approximate surface area is 176 Å². The van der Waals surface area contributed by atoms with E-state index in [0.29, 0.717) is 17.1 Å². The summed E-state index contributed by atoms with van der Waals surface area (Å²) in [6.45, 7) is -0.208. The molecule has 2 aromatic rings. The summed E-state index contributed by atoms with van der Waals surface area (Å²) in [6.07, 6.45) is 1.54. The van der Waals surface area contributed by atoms with E-state index in [-0.39, 0.29) is 17.3 Å². The number of imide groups is 1. The van der Waals surface area contributed by atoms with Gasteiger partial charge < -0.3 is 14.2 Å². The molecular formula is C21H18FNO6S. The minimum absolute atomic E-state index is 0.186. The van der Waals surface area contributed by atoms with Gasteiger partial charge in [-0.05, 0) is 53.2 Å². The first-order chi connectivity index (χ1) is 14.4. The van der Waals surface area contributed by atoms with Gasteiger partial charge in [-0.1, -0.05) is 18.2 Å². The molecule has 2 aromatic carbocycles. The zero-order chi connectivity index (χ0) is 21.7. The fourth-order valence-electron chi connectivity index (χ4n) is 2.62. The van der Waals surface area contributed by atoms with Crippen LogP contribution in [0.15, 0.2) is 47.4 Å². The van der Waals surface area contributed by atoms with Crippen LogP contribution in [0.25, 0.3) is 6.08 Å². The maximum atomic E-state index is 13.0. The van der Waals surface area contributed by atoms with Crippen molar-refractivity contribution in [2.75, 3.05) is 20.8 Å². The molecule has 156 valence electrons. The second-order valence-electron chi connectivity index (χ2n) is 6.17. The number of methoxy groups -OCH3 is 2. The van der Waals surface area contributed by atoms with Crippen molar-refractivity contribution in [2.45, 2.75) is 6.61 Å². The van der Waals surface area contributed by atoms with Gasteiger partial charge in [0.2, 0.25) is 0 Å². The lowest BCUT2D eigenvalue weighted by atomic mass is 10.1. The number of carbonyl (C=O) groups is 3. The Hall–Kier alpha value is -3.33. The highest BCUT2D eigenvalue weighted by atomic mass is 32.2. The molecule has 0 aromatic heterocycles. The largest absolute Gasteiger partial charge is 0.493 e. The van der Waals surface area contributed by atoms with Crippen molar-refractivity contribution < 1.29 is 33.0 Å². The lowest BCUT2D eigenvalue weighted by molar-refractivity contribution is -0.143. The van der Waals surface area contributed by atoms with Crippen LogP contribution in [-0.4, -0.2) is 42.8 Å². The molecule has 3 rings (SSSR count). The number of hydrogen-bond donors (Lipinski definition) is 0. The van der Waals surface area contributed by atoms with Crippen LogP contribution in [0.1, 0.15) is 11.1 Å². The second-order valence-corrected chi connectivity index (χ2v) is 7.16. The zero-order valence-electron chi connectivity index (χ0n) is 16.2. The van der Waals surface area contributed by atoms with E-state index in [1.165, 1.54) is 32.4 Å². The van der Waals surface area contributed by atoms with Gasteiger partial charge in [0.05, 0.1) is 19.1 Å². The van der Waals surface area contributed by atoms with Gasteiger partial charge in [-0.15, -0.1) is 0 Å². The molecule has 0 saturated carbocycles. The fourth-order valence-corrected chi connectivity index (χ4v) is 3.45. The molecule has 0 aliphatic carbocycles. The van der Waals surface area contributed by atoms with Crippen molar-refractivity contribution in [1.29, 1.82) is 0 Å². The summed E-state index contributed by atoms with van der Waals surface area (Å²) in [6, 6.07) is 11.0. The molecule has 1 aliphatic heterocycles. The first kappa shape index (κ1) is 21.4. The number of amides is 2. The third-order valence-electron chi connectivity index (χ3n) is 4.18. The molecule has 0 radical (unpaired) electrons. The van der Waals surface area contributed by atoms with E-state index in [1.807, 2.05) is 0 Å². The van der Waals surface area contributed by atoms with Gasteiger partial charge in [0.25, 0.3) is 11.1 Å². The number of carbonyl (C=O) groups excluding carboxylic acids is 3. The SMILES string of the molecule is COC(=O)CN1C(=O)S/C(=C\c2ccc(OCc3ccc(F)cc3)c(OC)c2)C1=O. The molecule has 0 unspecified atom stereocenters. The molecule has 0 N–H and O–H groups in total. The van der Waals surface area contributed by atoms with E-state index in [4.69, 9.17) is 9.47 Å². The van der Waals surface area contributed by atoms with E-state index in [0.717, 1.165) is 22.2 Å². The monoisotopic (exact) mass is 431 g/mol. The first-order valence-corrected chi connectivity index (χ1v) is 9.60. The Morgan fingerprint density at radius 3 is 2.50 bits per heavy atom. The van der Waals surface area contributed by atoms with Crippen LogP contribution in [-0.2, 0) is 20.9 Å². The lowest BCUT2D eigenvalue weighted by Gasteiger charge is -2.12. The van der Waals surface area contributed by atoms with Crippen LogP contribution in [0.3, 0.4) is 0 Å². The third-order valence-corrected chi connectivity index (χ3v) is 5.09. The molecule has 0 atom stereocenters. The van der Waals surface area contributed by atoms with Crippen molar-refractivity contribution in [1.82, 2.24) is 4.90 Å². The molecular weight excluding hydrogens is 413 g/mol. The van der Waals surface area contributed by atoms with Crippen LogP contribution in [0.5, 0.6) is 11.5 Å². The predicted octanol–water partition coefficient (Wildman–Crippen LogP) is 3.62. The summed E-state index contributed by atoms with van der Waals surface area (Å²) in [5, 5.41) is -0.539. The van der Waals surface area contributed by atoms with Gasteiger partial charge in [-0.2, -0.15) is 0 Å². The first-order valence-electron chi connectivity index (χ1n) is 8.78. The van der Waals surface area contributed by atoms with Gasteiger partial charge in [0, 0.05) is 0 Å². The quantitative estimate of drug-likeness (QED) is 0.489. The average Bonchev–Trinajstić information content (AvgIpc) is 3.00. The van der Waals surface area contributed by atoms with Crippen LogP contribution in [0.2, 0.25) is 0 Å². The maximum absolute atomic E-state index is 13.0. The highest BCUT2D eigenvalue weighted by Crippen LogP contribution is 2.34. The van der Waals surface area contributed by atoms with E-state index >= 15 is 0 Å². The average molecular weight is 431 g/mol. The van der Waals surface area contributed by atoms with E-state index in [2.05, 4.69) is 4.74 Å². The number of halogens is 1. The summed E-state index contributed by atoms with van der Waals surface area (Å²) in [5.41, 5.74) is 1.41. The van der Waals surface area contributed by atoms with Gasteiger partial charge in [0.15, 0.2) is 11.5 Å². The Morgan fingerprint density at radius 1 is 1.10 bits per heavy atom. The number of hydrogen-bond acceptors (Lipinski definition) is 7. The molecule has 30 heavy (non-hydrogen) atoms. The maximum Gasteiger partial charge on any atom is 0.325 e. The summed E-state index contributed by atoms with van der Waals surface area (Å²) in [5.74, 6) is -0.664. The summed E-state index contributed by atoms with van der Waals surface area (Å²) >= 11 is 0.744. The minimum Gasteiger partial charge on any atom is -0.493 e. The number of ether oxygens (including phenoxy) is 3. The zero-order valence-corrected chi connectivity index (χ0v) is 17.0. The number of rotatable bonds is 7. The normalized spacial score (nSPS) is 14.9. The van der Waals surface area contributed by atoms with E-state index < -0.39 is 23.7 Å². The van der Waals surface area contributed by atoms with Crippen LogP contribution >= 0.6 is 11.8 Å². The Kier molecular flexibility index (Phi) is 6.73. The number of esters is 1. The van der Waals surface area contributed by atoms with Gasteiger partial charge in [0.1, 0.15) is 19.0 Å². The fraction of sp³-hybridized carbons (Fsp3) is 0.190. The van der Waals surface area contributed by atoms with Gasteiger partial charge in [-0.25, -0.2) is 4.39 Å². The van der Waals surface area contributed by atoms with Crippen molar-refractivity contribution >= 4 is 35.0 Å². The highest BCUT2D eigenvalue weighted by molar-refractivity contribution is 8.18. The summed E-state index contributed by atoms with van der Waals surface area (Å²) in [7, 11) is 2.66. The van der Waals surface area contributed by atoms with E-state index in [9.17, 15) is 18.8 Å². The number of nitrogens with zero attached hydrogens (tertiary/aromatic N) is 1. The molecule has 1 heterocycles. The van der Waals surface area contributed by atoms with Crippen molar-refractivity contribution in [2.24, 2.45) is 0 Å². The molecule has 1 fully saturated rings. The second kappa shape index (κ2) is 9.45. The number of benzene rings is 2. The van der Waals surface area contributed by atoms with Crippen LogP contribution in [0.4, 0.5) is 9.18 Å². The summed E-state index contributed by atoms with van der Waals surface area (Å²) < 4.78 is 28.6. The van der Waals surface area contributed by atoms with Crippen LogP contribution < -0.4 is 9.47 Å². The molecule has 2 amide bonds. The van der Waals surface area contributed by atoms with Crippen molar-refractivity contribution in [3.05, 3.63) is 64.3 Å². The minimum atomic E-state index is -0.678. The van der Waals surface area contributed by atoms with Crippen molar-refractivity contribution in [3.63, 3.8) is 0 Å². The smallest absolute Gasteiger partial charge is 0.325 e. The molecule has 1 aliphatic rings. The third kappa shape index (κ3) is 4.98.